The predicted octanol–water partition coefficient (Wildman–Crippen LogP) is 4.38. The molecule has 2 rings (SSSR count). The molecule has 0 heterocycles. The molecule has 0 fully saturated rings. The van der Waals surface area contributed by atoms with Crippen molar-refractivity contribution < 1.29 is 14.3 Å². The molecule has 22 heavy (non-hydrogen) atoms. The zero-order valence-corrected chi connectivity index (χ0v) is 13.3. The largest absolute Gasteiger partial charge is 0.479 e. The Morgan fingerprint density at radius 1 is 1.00 bits per heavy atom. The van der Waals surface area contributed by atoms with Gasteiger partial charge in [0.1, 0.15) is 5.75 Å². The molecule has 2 aromatic rings. The molecule has 0 unspecified atom stereocenters. The Labute approximate surface area is 131 Å². The normalized spacial score (nSPS) is 11.8. The average molecular weight is 298 g/mol. The first-order valence-corrected chi connectivity index (χ1v) is 7.60. The van der Waals surface area contributed by atoms with E-state index in [4.69, 9.17) is 9.47 Å². The molecular weight excluding hydrogens is 276 g/mol. The third kappa shape index (κ3) is 4.35. The highest BCUT2D eigenvalue weighted by molar-refractivity contribution is 5.74. The lowest BCUT2D eigenvalue weighted by Gasteiger charge is -2.14. The van der Waals surface area contributed by atoms with Crippen LogP contribution < -0.4 is 4.74 Å². The van der Waals surface area contributed by atoms with Gasteiger partial charge in [0, 0.05) is 0 Å². The summed E-state index contributed by atoms with van der Waals surface area (Å²) in [6, 6.07) is 16.1. The second-order valence-corrected chi connectivity index (χ2v) is 5.32. The van der Waals surface area contributed by atoms with Crippen LogP contribution in [0.5, 0.6) is 5.75 Å². The first-order chi connectivity index (χ1) is 10.6. The number of ether oxygens (including phenoxy) is 2. The van der Waals surface area contributed by atoms with Crippen LogP contribution in [0.15, 0.2) is 48.5 Å². The maximum absolute atomic E-state index is 11.7. The third-order valence-electron chi connectivity index (χ3n) is 3.33. The molecule has 2 aromatic carbocycles. The van der Waals surface area contributed by atoms with Crippen LogP contribution in [0.3, 0.4) is 0 Å². The molecule has 0 N–H and O–H groups in total. The summed E-state index contributed by atoms with van der Waals surface area (Å²) >= 11 is 0. The Balaban J connectivity index is 2.00. The molecule has 0 aliphatic carbocycles. The van der Waals surface area contributed by atoms with Crippen molar-refractivity contribution in [3.8, 4) is 16.9 Å². The fourth-order valence-electron chi connectivity index (χ4n) is 2.04. The lowest BCUT2D eigenvalue weighted by molar-refractivity contribution is -0.151. The van der Waals surface area contributed by atoms with Gasteiger partial charge in [-0.2, -0.15) is 0 Å². The van der Waals surface area contributed by atoms with Gasteiger partial charge in [0.15, 0.2) is 6.10 Å². The van der Waals surface area contributed by atoms with Crippen LogP contribution >= 0.6 is 0 Å². The first-order valence-electron chi connectivity index (χ1n) is 7.60. The summed E-state index contributed by atoms with van der Waals surface area (Å²) in [5.74, 6) is 0.335. The van der Waals surface area contributed by atoms with Gasteiger partial charge >= 0.3 is 5.97 Å². The highest BCUT2D eigenvalue weighted by atomic mass is 16.6. The molecule has 116 valence electrons. The van der Waals surface area contributed by atoms with Crippen molar-refractivity contribution in [2.75, 3.05) is 6.61 Å². The first kappa shape index (κ1) is 16.1. The molecule has 0 aliphatic heterocycles. The number of aryl methyl sites for hydroxylation is 1. The van der Waals surface area contributed by atoms with Gasteiger partial charge in [-0.25, -0.2) is 4.79 Å². The summed E-state index contributed by atoms with van der Waals surface area (Å²) < 4.78 is 10.7. The maximum atomic E-state index is 11.7. The van der Waals surface area contributed by atoms with Gasteiger partial charge < -0.3 is 9.47 Å². The highest BCUT2D eigenvalue weighted by Gasteiger charge is 2.15. The Morgan fingerprint density at radius 3 is 2.09 bits per heavy atom. The number of hydrogen-bond donors (Lipinski definition) is 0. The number of benzene rings is 2. The van der Waals surface area contributed by atoms with Crippen molar-refractivity contribution in [2.24, 2.45) is 0 Å². The number of esters is 1. The second kappa shape index (κ2) is 7.64. The SMILES string of the molecule is CCCOC(=O)[C@@H](C)Oc1ccc(-c2ccc(C)cc2)cc1. The molecule has 0 saturated heterocycles. The molecule has 3 nitrogen and oxygen atoms in total. The molecule has 0 aliphatic rings. The van der Waals surface area contributed by atoms with Crippen molar-refractivity contribution in [2.45, 2.75) is 33.3 Å². The van der Waals surface area contributed by atoms with Gasteiger partial charge in [-0.05, 0) is 43.5 Å². The lowest BCUT2D eigenvalue weighted by Crippen LogP contribution is -2.26. The van der Waals surface area contributed by atoms with E-state index in [9.17, 15) is 4.79 Å². The fourth-order valence-corrected chi connectivity index (χ4v) is 2.04. The molecule has 1 atom stereocenters. The Bertz CT molecular complexity index is 600. The van der Waals surface area contributed by atoms with Crippen LogP contribution in [0, 0.1) is 6.92 Å². The van der Waals surface area contributed by atoms with E-state index in [-0.39, 0.29) is 5.97 Å². The molecule has 0 bridgehead atoms. The summed E-state index contributed by atoms with van der Waals surface area (Å²) in [5, 5.41) is 0. The van der Waals surface area contributed by atoms with E-state index < -0.39 is 6.10 Å². The quantitative estimate of drug-likeness (QED) is 0.742. The van der Waals surface area contributed by atoms with Gasteiger partial charge in [0.05, 0.1) is 6.61 Å². The van der Waals surface area contributed by atoms with Gasteiger partial charge in [-0.1, -0.05) is 48.9 Å². The van der Waals surface area contributed by atoms with Crippen molar-refractivity contribution >= 4 is 5.97 Å². The Kier molecular flexibility index (Phi) is 5.59. The van der Waals surface area contributed by atoms with E-state index in [0.29, 0.717) is 12.4 Å². The van der Waals surface area contributed by atoms with E-state index in [1.165, 1.54) is 5.56 Å². The van der Waals surface area contributed by atoms with Crippen LogP contribution in [0.1, 0.15) is 25.8 Å². The molecule has 0 spiro atoms. The van der Waals surface area contributed by atoms with Crippen molar-refractivity contribution in [1.82, 2.24) is 0 Å². The van der Waals surface area contributed by atoms with Gasteiger partial charge in [0.25, 0.3) is 0 Å². The fraction of sp³-hybridized carbons (Fsp3) is 0.316. The smallest absolute Gasteiger partial charge is 0.347 e. The predicted molar refractivity (Wildman–Crippen MR) is 88.0 cm³/mol. The summed E-state index contributed by atoms with van der Waals surface area (Å²) in [4.78, 5) is 11.7. The molecular formula is C19H22O3. The zero-order valence-electron chi connectivity index (χ0n) is 13.3. The van der Waals surface area contributed by atoms with Crippen LogP contribution in [0.2, 0.25) is 0 Å². The van der Waals surface area contributed by atoms with Crippen LogP contribution in [-0.2, 0) is 9.53 Å². The number of hydrogen-bond acceptors (Lipinski definition) is 3. The van der Waals surface area contributed by atoms with E-state index >= 15 is 0 Å². The summed E-state index contributed by atoms with van der Waals surface area (Å²) in [6.45, 7) is 6.16. The minimum Gasteiger partial charge on any atom is -0.479 e. The van der Waals surface area contributed by atoms with Crippen LogP contribution in [0.25, 0.3) is 11.1 Å². The molecule has 0 aromatic heterocycles. The van der Waals surface area contributed by atoms with Crippen LogP contribution in [0.4, 0.5) is 0 Å². The van der Waals surface area contributed by atoms with Gasteiger partial charge in [-0.3, -0.25) is 0 Å². The maximum Gasteiger partial charge on any atom is 0.347 e. The molecule has 0 saturated carbocycles. The monoisotopic (exact) mass is 298 g/mol. The minimum atomic E-state index is -0.600. The average Bonchev–Trinajstić information content (AvgIpc) is 2.54. The second-order valence-electron chi connectivity index (χ2n) is 5.32. The number of carbonyl (C=O) groups is 1. The highest BCUT2D eigenvalue weighted by Crippen LogP contribution is 2.23. The standard InChI is InChI=1S/C19H22O3/c1-4-13-21-19(20)15(3)22-18-11-9-17(10-12-18)16-7-5-14(2)6-8-16/h5-12,15H,4,13H2,1-3H3/t15-/m1/s1. The number of carbonyl (C=O) groups excluding carboxylic acids is 1. The topological polar surface area (TPSA) is 35.5 Å². The van der Waals surface area contributed by atoms with E-state index in [0.717, 1.165) is 17.5 Å². The van der Waals surface area contributed by atoms with Crippen molar-refractivity contribution in [3.63, 3.8) is 0 Å². The number of rotatable bonds is 6. The Hall–Kier alpha value is -2.29. The van der Waals surface area contributed by atoms with E-state index in [1.807, 2.05) is 31.2 Å². The van der Waals surface area contributed by atoms with E-state index in [2.05, 4.69) is 31.2 Å². The zero-order chi connectivity index (χ0) is 15.9. The van der Waals surface area contributed by atoms with Crippen molar-refractivity contribution in [3.05, 3.63) is 54.1 Å². The van der Waals surface area contributed by atoms with E-state index in [1.54, 1.807) is 6.92 Å². The molecule has 3 heteroatoms. The molecule has 0 amide bonds. The van der Waals surface area contributed by atoms with Crippen LogP contribution in [-0.4, -0.2) is 18.7 Å². The van der Waals surface area contributed by atoms with Gasteiger partial charge in [0.2, 0.25) is 0 Å². The van der Waals surface area contributed by atoms with Crippen molar-refractivity contribution in [1.29, 1.82) is 0 Å². The lowest BCUT2D eigenvalue weighted by atomic mass is 10.0. The van der Waals surface area contributed by atoms with Gasteiger partial charge in [-0.15, -0.1) is 0 Å². The minimum absolute atomic E-state index is 0.329. The third-order valence-corrected chi connectivity index (χ3v) is 3.33. The Morgan fingerprint density at radius 2 is 1.55 bits per heavy atom. The summed E-state index contributed by atoms with van der Waals surface area (Å²) in [5.41, 5.74) is 3.52. The summed E-state index contributed by atoms with van der Waals surface area (Å²) in [6.07, 6.45) is 0.209. The summed E-state index contributed by atoms with van der Waals surface area (Å²) in [7, 11) is 0. The molecule has 0 radical (unpaired) electrons.